The molecule has 0 aliphatic carbocycles. The molecule has 3 aromatic carbocycles. The number of hydrazone groups is 1. The topological polar surface area (TPSA) is 94.4 Å². The first-order chi connectivity index (χ1) is 15.3. The van der Waals surface area contributed by atoms with E-state index >= 15 is 0 Å². The Morgan fingerprint density at radius 3 is 2.39 bits per heavy atom. The molecule has 2 heterocycles. The smallest absolute Gasteiger partial charge is 0.263 e. The summed E-state index contributed by atoms with van der Waals surface area (Å²) in [5.41, 5.74) is 6.03. The number of methoxy groups -OCH3 is 2. The van der Waals surface area contributed by atoms with E-state index in [2.05, 4.69) is 30.7 Å². The number of rotatable bonds is 5. The highest BCUT2D eigenvalue weighted by atomic mass is 16.5. The van der Waals surface area contributed by atoms with Gasteiger partial charge >= 0.3 is 0 Å². The van der Waals surface area contributed by atoms with Gasteiger partial charge in [0.2, 0.25) is 0 Å². The van der Waals surface area contributed by atoms with Crippen LogP contribution < -0.4 is 14.9 Å². The first-order valence-corrected chi connectivity index (χ1v) is 9.59. The molecule has 0 aliphatic heterocycles. The van der Waals surface area contributed by atoms with E-state index in [1.165, 1.54) is 0 Å². The van der Waals surface area contributed by atoms with Crippen LogP contribution in [0.2, 0.25) is 0 Å². The minimum Gasteiger partial charge on any atom is -0.493 e. The maximum atomic E-state index is 5.32. The molecule has 0 bridgehead atoms. The molecule has 0 spiro atoms. The maximum Gasteiger partial charge on any atom is 0.263 e. The van der Waals surface area contributed by atoms with E-state index in [1.807, 2.05) is 54.6 Å². The second-order valence-corrected chi connectivity index (χ2v) is 6.76. The largest absolute Gasteiger partial charge is 0.493 e. The van der Waals surface area contributed by atoms with Crippen molar-refractivity contribution in [2.24, 2.45) is 5.10 Å². The molecular formula is C23H18N6O2. The van der Waals surface area contributed by atoms with E-state index in [4.69, 9.17) is 9.47 Å². The molecule has 0 radical (unpaired) electrons. The molecule has 0 amide bonds. The van der Waals surface area contributed by atoms with Crippen LogP contribution in [0.4, 0.5) is 5.95 Å². The molecule has 31 heavy (non-hydrogen) atoms. The van der Waals surface area contributed by atoms with Gasteiger partial charge in [-0.2, -0.15) is 5.10 Å². The molecule has 0 atom stereocenters. The number of fused-ring (bicyclic) bond motifs is 6. The monoisotopic (exact) mass is 410 g/mol. The van der Waals surface area contributed by atoms with Crippen LogP contribution in [0.3, 0.4) is 0 Å². The van der Waals surface area contributed by atoms with E-state index in [0.717, 1.165) is 32.8 Å². The van der Waals surface area contributed by atoms with E-state index in [9.17, 15) is 0 Å². The highest BCUT2D eigenvalue weighted by Gasteiger charge is 2.12. The number of anilines is 1. The van der Waals surface area contributed by atoms with Crippen LogP contribution in [0.25, 0.3) is 32.7 Å². The Morgan fingerprint density at radius 1 is 0.806 bits per heavy atom. The summed E-state index contributed by atoms with van der Waals surface area (Å²) in [6.07, 6.45) is 3.43. The first kappa shape index (κ1) is 18.7. The Hall–Kier alpha value is -4.33. The van der Waals surface area contributed by atoms with E-state index in [1.54, 1.807) is 26.6 Å². The van der Waals surface area contributed by atoms with Gasteiger partial charge in [-0.05, 0) is 35.9 Å². The molecule has 1 N–H and O–H groups in total. The average Bonchev–Trinajstić information content (AvgIpc) is 2.84. The van der Waals surface area contributed by atoms with E-state index in [-0.39, 0.29) is 0 Å². The summed E-state index contributed by atoms with van der Waals surface area (Å²) in [5.74, 6) is 1.59. The van der Waals surface area contributed by atoms with Gasteiger partial charge in [-0.1, -0.05) is 24.3 Å². The predicted octanol–water partition coefficient (Wildman–Crippen LogP) is 4.19. The number of hydrogen-bond donors (Lipinski definition) is 1. The zero-order valence-corrected chi connectivity index (χ0v) is 16.9. The van der Waals surface area contributed by atoms with Gasteiger partial charge in [0.15, 0.2) is 11.5 Å². The van der Waals surface area contributed by atoms with Gasteiger partial charge in [0, 0.05) is 22.4 Å². The predicted molar refractivity (Wildman–Crippen MR) is 121 cm³/mol. The Bertz CT molecular complexity index is 1420. The van der Waals surface area contributed by atoms with Crippen LogP contribution in [-0.2, 0) is 0 Å². The number of aromatic nitrogens is 4. The highest BCUT2D eigenvalue weighted by molar-refractivity contribution is 6.21. The lowest BCUT2D eigenvalue weighted by molar-refractivity contribution is 0.355. The van der Waals surface area contributed by atoms with Gasteiger partial charge in [0.1, 0.15) is 11.0 Å². The highest BCUT2D eigenvalue weighted by Crippen LogP contribution is 2.31. The van der Waals surface area contributed by atoms with Gasteiger partial charge in [-0.3, -0.25) is 4.98 Å². The fourth-order valence-corrected chi connectivity index (χ4v) is 3.55. The molecule has 152 valence electrons. The third kappa shape index (κ3) is 3.33. The van der Waals surface area contributed by atoms with Crippen LogP contribution in [0.1, 0.15) is 5.56 Å². The maximum absolute atomic E-state index is 5.32. The second kappa shape index (κ2) is 7.83. The Morgan fingerprint density at radius 2 is 1.58 bits per heavy atom. The molecule has 0 saturated heterocycles. The van der Waals surface area contributed by atoms with Crippen molar-refractivity contribution >= 4 is 44.9 Å². The Kier molecular flexibility index (Phi) is 4.72. The number of nitrogens with zero attached hydrogens (tertiary/aromatic N) is 5. The number of pyridine rings is 1. The van der Waals surface area contributed by atoms with Crippen molar-refractivity contribution in [1.82, 2.24) is 20.2 Å². The quantitative estimate of drug-likeness (QED) is 0.264. The summed E-state index contributed by atoms with van der Waals surface area (Å²) in [4.78, 5) is 9.21. The lowest BCUT2D eigenvalue weighted by Gasteiger charge is -2.08. The van der Waals surface area contributed by atoms with Gasteiger partial charge in [0.05, 0.1) is 26.0 Å². The standard InChI is InChI=1S/C23H18N6O2/c1-30-18-10-9-14(12-19(18)31-2)13-25-28-23-26-21-16-7-4-3-6-15(16)20-17(8-5-11-24-20)22(21)27-29-23/h3-13H,1-2H3,(H,26,28,29)/b25-13-. The fraction of sp³-hybridized carbons (Fsp3) is 0.0870. The van der Waals surface area contributed by atoms with Crippen molar-refractivity contribution in [2.75, 3.05) is 19.6 Å². The molecular weight excluding hydrogens is 392 g/mol. The molecule has 0 saturated carbocycles. The molecule has 0 fully saturated rings. The molecule has 0 unspecified atom stereocenters. The lowest BCUT2D eigenvalue weighted by Crippen LogP contribution is -2.01. The third-order valence-corrected chi connectivity index (χ3v) is 4.97. The van der Waals surface area contributed by atoms with Crippen molar-refractivity contribution in [3.8, 4) is 11.5 Å². The van der Waals surface area contributed by atoms with Crippen molar-refractivity contribution < 1.29 is 9.47 Å². The van der Waals surface area contributed by atoms with Gasteiger partial charge in [-0.15, -0.1) is 10.2 Å². The Labute approximate surface area is 177 Å². The van der Waals surface area contributed by atoms with E-state index < -0.39 is 0 Å². The van der Waals surface area contributed by atoms with Crippen LogP contribution in [0, 0.1) is 0 Å². The van der Waals surface area contributed by atoms with Gasteiger partial charge in [-0.25, -0.2) is 10.4 Å². The van der Waals surface area contributed by atoms with E-state index in [0.29, 0.717) is 23.0 Å². The molecule has 2 aromatic heterocycles. The van der Waals surface area contributed by atoms with Crippen LogP contribution in [-0.4, -0.2) is 40.6 Å². The lowest BCUT2D eigenvalue weighted by atomic mass is 10.0. The summed E-state index contributed by atoms with van der Waals surface area (Å²) >= 11 is 0. The molecule has 8 nitrogen and oxygen atoms in total. The summed E-state index contributed by atoms with van der Waals surface area (Å²) in [5, 5.41) is 15.7. The Balaban J connectivity index is 1.53. The summed E-state index contributed by atoms with van der Waals surface area (Å²) in [6.45, 7) is 0. The van der Waals surface area contributed by atoms with Crippen LogP contribution in [0.5, 0.6) is 11.5 Å². The van der Waals surface area contributed by atoms with Gasteiger partial charge in [0.25, 0.3) is 5.95 Å². The summed E-state index contributed by atoms with van der Waals surface area (Å²) in [7, 11) is 3.19. The minimum absolute atomic E-state index is 0.303. The third-order valence-electron chi connectivity index (χ3n) is 4.97. The van der Waals surface area contributed by atoms with Gasteiger partial charge < -0.3 is 9.47 Å². The number of hydrogen-bond acceptors (Lipinski definition) is 8. The van der Waals surface area contributed by atoms with Crippen LogP contribution in [0.15, 0.2) is 65.9 Å². The number of ether oxygens (including phenoxy) is 2. The average molecular weight is 410 g/mol. The molecule has 8 heteroatoms. The summed E-state index contributed by atoms with van der Waals surface area (Å²) < 4.78 is 10.6. The minimum atomic E-state index is 0.303. The van der Waals surface area contributed by atoms with Crippen molar-refractivity contribution in [1.29, 1.82) is 0 Å². The summed E-state index contributed by atoms with van der Waals surface area (Å²) in [6, 6.07) is 17.4. The molecule has 5 aromatic rings. The molecule has 5 rings (SSSR count). The van der Waals surface area contributed by atoms with Crippen LogP contribution >= 0.6 is 0 Å². The zero-order valence-electron chi connectivity index (χ0n) is 16.9. The normalized spacial score (nSPS) is 11.4. The fourth-order valence-electron chi connectivity index (χ4n) is 3.55. The van der Waals surface area contributed by atoms with Crippen molar-refractivity contribution in [3.05, 3.63) is 66.4 Å². The SMILES string of the molecule is COc1ccc(/C=N\Nc2nnc3c4cccnc4c4ccccc4c3n2)cc1OC. The zero-order chi connectivity index (χ0) is 21.2. The van der Waals surface area contributed by atoms with Crippen molar-refractivity contribution in [3.63, 3.8) is 0 Å². The number of benzene rings is 3. The second-order valence-electron chi connectivity index (χ2n) is 6.76. The van der Waals surface area contributed by atoms with Crippen molar-refractivity contribution in [2.45, 2.75) is 0 Å². The first-order valence-electron chi connectivity index (χ1n) is 9.59. The number of nitrogens with one attached hydrogen (secondary N) is 1. The molecule has 0 aliphatic rings.